The topological polar surface area (TPSA) is 123 Å². The maximum absolute atomic E-state index is 12.3. The quantitative estimate of drug-likeness (QED) is 0.133. The molecule has 1 heterocycles. The van der Waals surface area contributed by atoms with Crippen LogP contribution < -0.4 is 18.9 Å². The molecule has 0 aliphatic carbocycles. The second kappa shape index (κ2) is 17.8. The van der Waals surface area contributed by atoms with Crippen molar-refractivity contribution in [2.24, 2.45) is 0 Å². The second-order valence-electron chi connectivity index (χ2n) is 12.8. The molecule has 0 amide bonds. The third-order valence-electron chi connectivity index (χ3n) is 7.54. The summed E-state index contributed by atoms with van der Waals surface area (Å²) in [5, 5.41) is 9.28. The monoisotopic (exact) mass is 741 g/mol. The van der Waals surface area contributed by atoms with E-state index in [9.17, 15) is 27.9 Å². The molecule has 0 fully saturated rings. The predicted molar refractivity (Wildman–Crippen MR) is 192 cm³/mol. The largest absolute Gasteiger partial charge is 0.573 e. The number of halogens is 3. The summed E-state index contributed by atoms with van der Waals surface area (Å²) >= 11 is 0. The van der Waals surface area contributed by atoms with Gasteiger partial charge in [-0.2, -0.15) is 0 Å². The SMILES string of the molecule is CCOC(=O)C(C)(C)Oc1ccc(O)cc1C.CCOC(=O)C(C)(C)Oc1ccc(OCc2ccc(-c3ccc(OC(F)(F)F)cc3)nc2C)cc1C. The molecule has 53 heavy (non-hydrogen) atoms. The number of nitrogens with zero attached hydrogens (tertiary/aromatic N) is 1. The molecule has 0 aliphatic rings. The Balaban J connectivity index is 0.000000372. The van der Waals surface area contributed by atoms with E-state index in [1.165, 1.54) is 30.3 Å². The molecule has 1 aromatic heterocycles. The summed E-state index contributed by atoms with van der Waals surface area (Å²) in [6, 6.07) is 19.2. The first-order chi connectivity index (χ1) is 24.7. The van der Waals surface area contributed by atoms with Gasteiger partial charge in [0.15, 0.2) is 11.2 Å². The lowest BCUT2D eigenvalue weighted by molar-refractivity contribution is -0.274. The Bertz CT molecular complexity index is 1860. The highest BCUT2D eigenvalue weighted by molar-refractivity contribution is 5.79. The number of aromatic nitrogens is 1. The van der Waals surface area contributed by atoms with Gasteiger partial charge < -0.3 is 33.5 Å². The molecule has 1 N–H and O–H groups in total. The van der Waals surface area contributed by atoms with E-state index in [0.717, 1.165) is 22.4 Å². The van der Waals surface area contributed by atoms with E-state index in [4.69, 9.17) is 23.7 Å². The molecule has 0 saturated heterocycles. The van der Waals surface area contributed by atoms with E-state index in [0.29, 0.717) is 35.1 Å². The molecule has 3 aromatic carbocycles. The number of alkyl halides is 3. The van der Waals surface area contributed by atoms with Crippen molar-refractivity contribution in [1.29, 1.82) is 0 Å². The van der Waals surface area contributed by atoms with Gasteiger partial charge in [0.05, 0.1) is 18.9 Å². The number of phenols is 1. The number of ether oxygens (including phenoxy) is 6. The van der Waals surface area contributed by atoms with Crippen LogP contribution in [0.2, 0.25) is 0 Å². The molecule has 0 saturated carbocycles. The van der Waals surface area contributed by atoms with Gasteiger partial charge in [-0.3, -0.25) is 4.98 Å². The molecule has 13 heteroatoms. The number of carbonyl (C=O) groups is 2. The average Bonchev–Trinajstić information content (AvgIpc) is 3.06. The van der Waals surface area contributed by atoms with Gasteiger partial charge in [-0.05, 0) is 140 Å². The first kappa shape index (κ1) is 42.0. The number of aromatic hydroxyl groups is 1. The lowest BCUT2D eigenvalue weighted by Gasteiger charge is -2.25. The van der Waals surface area contributed by atoms with Crippen LogP contribution in [0, 0.1) is 20.8 Å². The highest BCUT2D eigenvalue weighted by Gasteiger charge is 2.33. The fourth-order valence-electron chi connectivity index (χ4n) is 4.71. The van der Waals surface area contributed by atoms with Crippen LogP contribution in [0.1, 0.15) is 63.9 Å². The molecule has 0 aliphatic heterocycles. The third-order valence-corrected chi connectivity index (χ3v) is 7.54. The number of phenolic OH excluding ortho intramolecular Hbond substituents is 1. The van der Waals surface area contributed by atoms with E-state index in [2.05, 4.69) is 9.72 Å². The van der Waals surface area contributed by atoms with Gasteiger partial charge in [-0.25, -0.2) is 9.59 Å². The van der Waals surface area contributed by atoms with E-state index in [1.807, 2.05) is 26.0 Å². The number of benzene rings is 3. The minimum absolute atomic E-state index is 0.170. The zero-order chi connectivity index (χ0) is 39.6. The Morgan fingerprint density at radius 2 is 1.19 bits per heavy atom. The van der Waals surface area contributed by atoms with Crippen LogP contribution in [0.4, 0.5) is 13.2 Å². The zero-order valence-electron chi connectivity index (χ0n) is 31.3. The Kier molecular flexibility index (Phi) is 14.1. The van der Waals surface area contributed by atoms with E-state index >= 15 is 0 Å². The van der Waals surface area contributed by atoms with Gasteiger partial charge in [0.1, 0.15) is 35.4 Å². The van der Waals surface area contributed by atoms with Crippen molar-refractivity contribution in [3.8, 4) is 40.0 Å². The summed E-state index contributed by atoms with van der Waals surface area (Å²) in [5.41, 5.74) is 2.27. The van der Waals surface area contributed by atoms with Crippen LogP contribution >= 0.6 is 0 Å². The molecule has 10 nitrogen and oxygen atoms in total. The fourth-order valence-corrected chi connectivity index (χ4v) is 4.71. The van der Waals surface area contributed by atoms with Crippen molar-refractivity contribution in [1.82, 2.24) is 4.98 Å². The number of carbonyl (C=O) groups excluding carboxylic acids is 2. The van der Waals surface area contributed by atoms with Crippen LogP contribution in [0.3, 0.4) is 0 Å². The van der Waals surface area contributed by atoms with Crippen LogP contribution in [0.5, 0.6) is 28.7 Å². The molecular weight excluding hydrogens is 695 g/mol. The standard InChI is InChI=1S/C27H28F3NO5.C13H18O4/c1-6-33-25(32)26(4,5)36-24-14-12-22(15-17(24)2)34-16-20-9-13-23(31-18(20)3)19-7-10-21(11-8-19)35-27(28,29)30;1-5-16-12(15)13(3,4)17-11-7-6-10(14)8-9(11)2/h7-15H,6,16H2,1-5H3;6-8,14H,5H2,1-4H3. The summed E-state index contributed by atoms with van der Waals surface area (Å²) in [7, 11) is 0. The van der Waals surface area contributed by atoms with Crippen LogP contribution in [0.15, 0.2) is 72.8 Å². The van der Waals surface area contributed by atoms with Crippen LogP contribution in [-0.2, 0) is 25.7 Å². The second-order valence-corrected chi connectivity index (χ2v) is 12.8. The first-order valence-electron chi connectivity index (χ1n) is 16.8. The molecule has 0 atom stereocenters. The van der Waals surface area contributed by atoms with Crippen LogP contribution in [0.25, 0.3) is 11.3 Å². The Labute approximate surface area is 307 Å². The Morgan fingerprint density at radius 3 is 1.66 bits per heavy atom. The van der Waals surface area contributed by atoms with E-state index in [-0.39, 0.29) is 24.7 Å². The summed E-state index contributed by atoms with van der Waals surface area (Å²) < 4.78 is 68.3. The summed E-state index contributed by atoms with van der Waals surface area (Å²) in [5.74, 6) is 0.759. The summed E-state index contributed by atoms with van der Waals surface area (Å²) in [4.78, 5) is 28.3. The van der Waals surface area contributed by atoms with Gasteiger partial charge in [0, 0.05) is 16.8 Å². The zero-order valence-corrected chi connectivity index (χ0v) is 31.3. The molecule has 0 bridgehead atoms. The number of hydrogen-bond acceptors (Lipinski definition) is 10. The van der Waals surface area contributed by atoms with Crippen molar-refractivity contribution >= 4 is 11.9 Å². The van der Waals surface area contributed by atoms with Gasteiger partial charge in [0.2, 0.25) is 0 Å². The van der Waals surface area contributed by atoms with Gasteiger partial charge >= 0.3 is 18.3 Å². The summed E-state index contributed by atoms with van der Waals surface area (Å²) in [6.07, 6.45) is -4.73. The maximum Gasteiger partial charge on any atom is 0.573 e. The molecule has 0 radical (unpaired) electrons. The average molecular weight is 742 g/mol. The molecular formula is C40H46F3NO9. The van der Waals surface area contributed by atoms with E-state index < -0.39 is 29.5 Å². The predicted octanol–water partition coefficient (Wildman–Crippen LogP) is 8.98. The lowest BCUT2D eigenvalue weighted by atomic mass is 10.1. The smallest absolute Gasteiger partial charge is 0.508 e. The highest BCUT2D eigenvalue weighted by atomic mass is 19.4. The van der Waals surface area contributed by atoms with Gasteiger partial charge in [-0.15, -0.1) is 13.2 Å². The van der Waals surface area contributed by atoms with Crippen molar-refractivity contribution in [2.45, 2.75) is 86.5 Å². The number of rotatable bonds is 13. The minimum Gasteiger partial charge on any atom is -0.508 e. The molecule has 0 unspecified atom stereocenters. The number of aryl methyl sites for hydroxylation is 3. The minimum atomic E-state index is -4.73. The number of esters is 2. The first-order valence-corrected chi connectivity index (χ1v) is 16.8. The van der Waals surface area contributed by atoms with Crippen molar-refractivity contribution in [2.75, 3.05) is 13.2 Å². The van der Waals surface area contributed by atoms with E-state index in [1.54, 1.807) is 78.8 Å². The van der Waals surface area contributed by atoms with Crippen molar-refractivity contribution < 1.29 is 56.3 Å². The molecule has 4 aromatic rings. The van der Waals surface area contributed by atoms with Gasteiger partial charge in [0.25, 0.3) is 0 Å². The molecule has 4 rings (SSSR count). The molecule has 0 spiro atoms. The highest BCUT2D eigenvalue weighted by Crippen LogP contribution is 2.30. The number of pyridine rings is 1. The lowest BCUT2D eigenvalue weighted by Crippen LogP contribution is -2.39. The summed E-state index contributed by atoms with van der Waals surface area (Å²) in [6.45, 7) is 16.5. The Morgan fingerprint density at radius 1 is 0.679 bits per heavy atom. The van der Waals surface area contributed by atoms with Crippen molar-refractivity contribution in [3.05, 3.63) is 95.2 Å². The number of hydrogen-bond donors (Lipinski definition) is 1. The third kappa shape index (κ3) is 12.6. The normalized spacial score (nSPS) is 11.5. The maximum atomic E-state index is 12.3. The Hall–Kier alpha value is -5.46. The van der Waals surface area contributed by atoms with Crippen molar-refractivity contribution in [3.63, 3.8) is 0 Å². The van der Waals surface area contributed by atoms with Crippen LogP contribution in [-0.4, -0.2) is 52.8 Å². The van der Waals surface area contributed by atoms with Gasteiger partial charge in [-0.1, -0.05) is 6.07 Å². The fraction of sp³-hybridized carbons (Fsp3) is 0.375. The molecule has 286 valence electrons.